The Morgan fingerprint density at radius 3 is 2.86 bits per heavy atom. The number of carbonyl (C=O) groups excluding carboxylic acids is 2. The summed E-state index contributed by atoms with van der Waals surface area (Å²) in [5, 5.41) is 0. The summed E-state index contributed by atoms with van der Waals surface area (Å²) < 4.78 is 18.6. The van der Waals surface area contributed by atoms with Gasteiger partial charge in [0.1, 0.15) is 18.5 Å². The lowest BCUT2D eigenvalue weighted by Crippen LogP contribution is -2.41. The van der Waals surface area contributed by atoms with Crippen molar-refractivity contribution in [3.05, 3.63) is 35.6 Å². The smallest absolute Gasteiger partial charge is 0.329 e. The first-order valence-electron chi connectivity index (χ1n) is 7.33. The molecule has 21 heavy (non-hydrogen) atoms. The lowest BCUT2D eigenvalue weighted by molar-refractivity contribution is -0.154. The molecular weight excluding hydrogens is 273 g/mol. The van der Waals surface area contributed by atoms with Crippen LogP contribution in [0.1, 0.15) is 38.2 Å². The van der Waals surface area contributed by atoms with Gasteiger partial charge in [0.05, 0.1) is 0 Å². The minimum Gasteiger partial charge on any atom is -0.459 e. The Morgan fingerprint density at radius 2 is 2.14 bits per heavy atom. The van der Waals surface area contributed by atoms with Crippen molar-refractivity contribution < 1.29 is 18.7 Å². The number of amides is 1. The molecular formula is C16H20FNO3. The van der Waals surface area contributed by atoms with E-state index in [9.17, 15) is 14.0 Å². The number of esters is 1. The van der Waals surface area contributed by atoms with E-state index in [1.54, 1.807) is 23.1 Å². The third kappa shape index (κ3) is 3.80. The predicted octanol–water partition coefficient (Wildman–Crippen LogP) is 2.66. The molecule has 1 saturated heterocycles. The summed E-state index contributed by atoms with van der Waals surface area (Å²) in [7, 11) is 0. The molecule has 1 atom stereocenters. The van der Waals surface area contributed by atoms with Crippen LogP contribution in [0.2, 0.25) is 0 Å². The van der Waals surface area contributed by atoms with Gasteiger partial charge in [0.25, 0.3) is 0 Å². The largest absolute Gasteiger partial charge is 0.459 e. The molecule has 1 heterocycles. The fraction of sp³-hybridized carbons (Fsp3) is 0.500. The highest BCUT2D eigenvalue weighted by Gasteiger charge is 2.34. The van der Waals surface area contributed by atoms with Crippen LogP contribution in [0.4, 0.5) is 4.39 Å². The monoisotopic (exact) mass is 293 g/mol. The normalized spacial score (nSPS) is 17.8. The molecule has 1 amide bonds. The predicted molar refractivity (Wildman–Crippen MR) is 75.8 cm³/mol. The zero-order valence-electron chi connectivity index (χ0n) is 12.2. The summed E-state index contributed by atoms with van der Waals surface area (Å²) in [6.45, 7) is 2.43. The number of ether oxygens (including phenoxy) is 1. The zero-order chi connectivity index (χ0) is 15.2. The van der Waals surface area contributed by atoms with Crippen LogP contribution in [0.15, 0.2) is 24.3 Å². The third-order valence-electron chi connectivity index (χ3n) is 3.64. The topological polar surface area (TPSA) is 46.6 Å². The van der Waals surface area contributed by atoms with Gasteiger partial charge in [0.15, 0.2) is 0 Å². The molecule has 1 unspecified atom stereocenters. The second kappa shape index (κ2) is 7.20. The third-order valence-corrected chi connectivity index (χ3v) is 3.64. The van der Waals surface area contributed by atoms with Crippen LogP contribution in [0, 0.1) is 5.82 Å². The number of likely N-dealkylation sites (tertiary alicyclic amines) is 1. The molecule has 1 aliphatic rings. The van der Waals surface area contributed by atoms with Crippen molar-refractivity contribution in [3.8, 4) is 0 Å². The van der Waals surface area contributed by atoms with Crippen molar-refractivity contribution in [1.82, 2.24) is 4.90 Å². The molecule has 1 aliphatic heterocycles. The molecule has 5 heteroatoms. The number of benzene rings is 1. The fourth-order valence-electron chi connectivity index (χ4n) is 2.53. The van der Waals surface area contributed by atoms with E-state index in [2.05, 4.69) is 0 Å². The van der Waals surface area contributed by atoms with E-state index in [0.29, 0.717) is 24.9 Å². The number of hydrogen-bond acceptors (Lipinski definition) is 3. The van der Waals surface area contributed by atoms with Gasteiger partial charge in [-0.05, 0) is 25.3 Å². The number of nitrogens with zero attached hydrogens (tertiary/aromatic N) is 1. The molecule has 0 saturated carbocycles. The molecule has 0 radical (unpaired) electrons. The fourth-order valence-corrected chi connectivity index (χ4v) is 2.53. The highest BCUT2D eigenvalue weighted by atomic mass is 19.1. The van der Waals surface area contributed by atoms with Crippen LogP contribution < -0.4 is 0 Å². The Labute approximate surface area is 123 Å². The van der Waals surface area contributed by atoms with Crippen LogP contribution in [-0.2, 0) is 20.9 Å². The molecule has 0 N–H and O–H groups in total. The Kier molecular flexibility index (Phi) is 5.31. The first-order chi connectivity index (χ1) is 10.1. The molecule has 0 aromatic heterocycles. The Bertz CT molecular complexity index is 518. The highest BCUT2D eigenvalue weighted by molar-refractivity contribution is 5.85. The van der Waals surface area contributed by atoms with E-state index in [-0.39, 0.29) is 12.5 Å². The van der Waals surface area contributed by atoms with Crippen LogP contribution in [-0.4, -0.2) is 29.4 Å². The molecule has 1 aromatic carbocycles. The molecule has 0 bridgehead atoms. The summed E-state index contributed by atoms with van der Waals surface area (Å²) in [6.07, 6.45) is 2.61. The van der Waals surface area contributed by atoms with Crippen LogP contribution in [0.5, 0.6) is 0 Å². The lowest BCUT2D eigenvalue weighted by Gasteiger charge is -2.23. The highest BCUT2D eigenvalue weighted by Crippen LogP contribution is 2.20. The molecule has 1 fully saturated rings. The maximum absolute atomic E-state index is 13.5. The van der Waals surface area contributed by atoms with E-state index in [1.807, 2.05) is 6.92 Å². The van der Waals surface area contributed by atoms with E-state index >= 15 is 0 Å². The lowest BCUT2D eigenvalue weighted by atomic mass is 10.2. The zero-order valence-corrected chi connectivity index (χ0v) is 12.2. The minimum absolute atomic E-state index is 0.0113. The summed E-state index contributed by atoms with van der Waals surface area (Å²) in [6, 6.07) is 5.67. The molecule has 2 rings (SSSR count). The Balaban J connectivity index is 1.93. The second-order valence-electron chi connectivity index (χ2n) is 5.19. The molecule has 114 valence electrons. The van der Waals surface area contributed by atoms with Gasteiger partial charge in [-0.1, -0.05) is 25.1 Å². The maximum Gasteiger partial charge on any atom is 0.329 e. The van der Waals surface area contributed by atoms with Crippen molar-refractivity contribution in [2.45, 2.75) is 45.3 Å². The van der Waals surface area contributed by atoms with Gasteiger partial charge in [-0.25, -0.2) is 9.18 Å². The summed E-state index contributed by atoms with van der Waals surface area (Å²) in [5.41, 5.74) is 0.343. The quantitative estimate of drug-likeness (QED) is 0.784. The number of halogens is 1. The van der Waals surface area contributed by atoms with E-state index in [4.69, 9.17) is 4.74 Å². The molecule has 1 aromatic rings. The Hall–Kier alpha value is -1.91. The van der Waals surface area contributed by atoms with E-state index in [1.165, 1.54) is 6.07 Å². The Morgan fingerprint density at radius 1 is 1.38 bits per heavy atom. The average Bonchev–Trinajstić information content (AvgIpc) is 2.96. The minimum atomic E-state index is -0.518. The number of carbonyl (C=O) groups is 2. The second-order valence-corrected chi connectivity index (χ2v) is 5.19. The van der Waals surface area contributed by atoms with E-state index in [0.717, 1.165) is 12.8 Å². The first-order valence-corrected chi connectivity index (χ1v) is 7.33. The molecule has 0 aliphatic carbocycles. The standard InChI is InChI=1S/C16H20FNO3/c1-2-6-15(19)18-10-5-9-14(18)16(20)21-11-12-7-3-4-8-13(12)17/h3-4,7-8,14H,2,5-6,9-11H2,1H3. The first kappa shape index (κ1) is 15.5. The van der Waals surface area contributed by atoms with Crippen molar-refractivity contribution in [1.29, 1.82) is 0 Å². The van der Waals surface area contributed by atoms with Crippen LogP contribution in [0.3, 0.4) is 0 Å². The van der Waals surface area contributed by atoms with Crippen molar-refractivity contribution in [3.63, 3.8) is 0 Å². The van der Waals surface area contributed by atoms with Gasteiger partial charge in [-0.2, -0.15) is 0 Å². The number of rotatable bonds is 5. The summed E-state index contributed by atoms with van der Waals surface area (Å²) in [4.78, 5) is 25.6. The van der Waals surface area contributed by atoms with Gasteiger partial charge in [-0.15, -0.1) is 0 Å². The average molecular weight is 293 g/mol. The van der Waals surface area contributed by atoms with Gasteiger partial charge in [0.2, 0.25) is 5.91 Å². The SMILES string of the molecule is CCCC(=O)N1CCCC1C(=O)OCc1ccccc1F. The van der Waals surface area contributed by atoms with Crippen molar-refractivity contribution >= 4 is 11.9 Å². The maximum atomic E-state index is 13.5. The van der Waals surface area contributed by atoms with Crippen LogP contribution in [0.25, 0.3) is 0 Å². The van der Waals surface area contributed by atoms with Crippen LogP contribution >= 0.6 is 0 Å². The molecule has 4 nitrogen and oxygen atoms in total. The van der Waals surface area contributed by atoms with Gasteiger partial charge in [0, 0.05) is 18.5 Å². The van der Waals surface area contributed by atoms with Crippen molar-refractivity contribution in [2.24, 2.45) is 0 Å². The van der Waals surface area contributed by atoms with Gasteiger partial charge >= 0.3 is 5.97 Å². The summed E-state index contributed by atoms with van der Waals surface area (Å²) >= 11 is 0. The number of hydrogen-bond donors (Lipinski definition) is 0. The van der Waals surface area contributed by atoms with Gasteiger partial charge < -0.3 is 9.64 Å². The van der Waals surface area contributed by atoms with Gasteiger partial charge in [-0.3, -0.25) is 4.79 Å². The summed E-state index contributed by atoms with van der Waals surface area (Å²) in [5.74, 6) is -0.848. The van der Waals surface area contributed by atoms with E-state index < -0.39 is 17.8 Å². The van der Waals surface area contributed by atoms with Crippen molar-refractivity contribution in [2.75, 3.05) is 6.54 Å². The molecule has 0 spiro atoms.